The molecule has 0 saturated carbocycles. The van der Waals surface area contributed by atoms with Crippen LogP contribution in [0.1, 0.15) is 105 Å². The van der Waals surface area contributed by atoms with E-state index in [4.69, 9.17) is 0 Å². The topological polar surface area (TPSA) is 9.86 Å². The van der Waals surface area contributed by atoms with E-state index in [2.05, 4.69) is 365 Å². The summed E-state index contributed by atoms with van der Waals surface area (Å²) in [6.07, 6.45) is 0. The standard InChI is InChI=1S/C88H81BN2Si2/c1-85(2,3)59-46-48-75-69(52-59)71-54-61(87(7,8)9)56-73-83(71)90(75)77-50-58(51-78-82(77)89(73)74-57-62(88(10,11)12)55-72-70-53-60(86(4,5)6)47-49-76(70)91(78)84(72)74)81-79(92(63-32-19-13-20-33-63,64-34-21-14-22-35-64)65-36-23-15-24-37-65)44-31-45-80(81)93(66-38-25-16-26-39-66,67-40-27-17-28-41-67)68-42-29-18-30-43-68/h13-57H,1-12H3. The van der Waals surface area contributed by atoms with Gasteiger partial charge in [0.2, 0.25) is 0 Å². The van der Waals surface area contributed by atoms with Crippen LogP contribution in [-0.2, 0) is 21.7 Å². The summed E-state index contributed by atoms with van der Waals surface area (Å²) in [5.41, 5.74) is 19.3. The predicted octanol–water partition coefficient (Wildman–Crippen LogP) is 14.6. The molecule has 0 spiro atoms. The zero-order valence-corrected chi connectivity index (χ0v) is 58.0. The number of fused-ring (bicyclic) bond motifs is 10. The summed E-state index contributed by atoms with van der Waals surface area (Å²) in [7, 11) is -6.73. The molecule has 0 N–H and O–H groups in total. The third-order valence-electron chi connectivity index (χ3n) is 21.2. The molecule has 2 aromatic heterocycles. The lowest BCUT2D eigenvalue weighted by atomic mass is 9.34. The van der Waals surface area contributed by atoms with E-state index in [0.29, 0.717) is 0 Å². The Morgan fingerprint density at radius 3 is 0.860 bits per heavy atom. The van der Waals surface area contributed by atoms with Gasteiger partial charge in [-0.25, -0.2) is 0 Å². The minimum Gasteiger partial charge on any atom is -0.310 e. The largest absolute Gasteiger partial charge is 0.310 e. The van der Waals surface area contributed by atoms with Crippen molar-refractivity contribution in [1.82, 2.24) is 9.13 Å². The van der Waals surface area contributed by atoms with E-state index in [0.717, 1.165) is 0 Å². The smallest absolute Gasteiger partial charge is 0.252 e. The highest BCUT2D eigenvalue weighted by molar-refractivity contribution is 7.23. The molecule has 4 heterocycles. The molecule has 2 aliphatic heterocycles. The predicted molar refractivity (Wildman–Crippen MR) is 407 cm³/mol. The summed E-state index contributed by atoms with van der Waals surface area (Å²) in [4.78, 5) is 0. The fourth-order valence-corrected chi connectivity index (χ4v) is 26.7. The normalized spacial score (nSPS) is 13.4. The minimum atomic E-state index is -3.37. The van der Waals surface area contributed by atoms with Crippen molar-refractivity contribution >= 4 is 124 Å². The number of benzene rings is 12. The summed E-state index contributed by atoms with van der Waals surface area (Å²) in [6, 6.07) is 108. The number of aromatic nitrogens is 2. The molecule has 12 aromatic carbocycles. The van der Waals surface area contributed by atoms with E-state index in [-0.39, 0.29) is 28.4 Å². The van der Waals surface area contributed by atoms with Crippen molar-refractivity contribution in [3.63, 3.8) is 0 Å². The zero-order valence-electron chi connectivity index (χ0n) is 56.0. The van der Waals surface area contributed by atoms with Crippen molar-refractivity contribution in [3.8, 4) is 22.5 Å². The summed E-state index contributed by atoms with van der Waals surface area (Å²) in [5, 5.41) is 16.1. The van der Waals surface area contributed by atoms with E-state index in [9.17, 15) is 0 Å². The number of hydrogen-bond acceptors (Lipinski definition) is 0. The fourth-order valence-electron chi connectivity index (χ4n) is 16.6. The van der Waals surface area contributed by atoms with Gasteiger partial charge >= 0.3 is 0 Å². The third kappa shape index (κ3) is 8.86. The molecule has 14 aromatic rings. The highest BCUT2D eigenvalue weighted by atomic mass is 28.3. The first kappa shape index (κ1) is 58.8. The maximum absolute atomic E-state index is 3.37. The van der Waals surface area contributed by atoms with Gasteiger partial charge in [0.25, 0.3) is 6.71 Å². The Morgan fingerprint density at radius 2 is 0.570 bits per heavy atom. The van der Waals surface area contributed by atoms with Gasteiger partial charge in [-0.3, -0.25) is 0 Å². The van der Waals surface area contributed by atoms with Crippen molar-refractivity contribution in [2.24, 2.45) is 0 Å². The molecule has 2 nitrogen and oxygen atoms in total. The molecule has 0 radical (unpaired) electrons. The van der Waals surface area contributed by atoms with Crippen LogP contribution >= 0.6 is 0 Å². The lowest BCUT2D eigenvalue weighted by Crippen LogP contribution is -2.78. The second kappa shape index (κ2) is 21.1. The van der Waals surface area contributed by atoms with Gasteiger partial charge in [0, 0.05) is 44.0 Å². The minimum absolute atomic E-state index is 0.0627. The number of hydrogen-bond donors (Lipinski definition) is 0. The van der Waals surface area contributed by atoms with Gasteiger partial charge in [-0.1, -0.05) is 308 Å². The molecule has 2 aliphatic rings. The molecule has 5 heteroatoms. The van der Waals surface area contributed by atoms with Crippen molar-refractivity contribution < 1.29 is 0 Å². The van der Waals surface area contributed by atoms with Crippen LogP contribution in [0.25, 0.3) is 66.1 Å². The van der Waals surface area contributed by atoms with E-state index in [1.54, 1.807) is 0 Å². The Balaban J connectivity index is 1.18. The van der Waals surface area contributed by atoms with E-state index in [1.165, 1.54) is 146 Å². The highest BCUT2D eigenvalue weighted by Gasteiger charge is 2.50. The molecule has 0 aliphatic carbocycles. The van der Waals surface area contributed by atoms with Crippen molar-refractivity contribution in [2.45, 2.75) is 105 Å². The summed E-state index contributed by atoms with van der Waals surface area (Å²) < 4.78 is 5.48. The third-order valence-corrected chi connectivity index (χ3v) is 30.8. The van der Waals surface area contributed by atoms with Gasteiger partial charge in [-0.2, -0.15) is 0 Å². The fraction of sp³-hybridized carbons (Fsp3) is 0.182. The van der Waals surface area contributed by atoms with Crippen LogP contribution in [0.5, 0.6) is 0 Å². The Morgan fingerprint density at radius 1 is 0.280 bits per heavy atom. The molecular weight excluding hydrogens is 1150 g/mol. The van der Waals surface area contributed by atoms with Crippen molar-refractivity contribution in [3.05, 3.63) is 295 Å². The zero-order chi connectivity index (χ0) is 64.1. The monoisotopic (exact) mass is 1230 g/mol. The van der Waals surface area contributed by atoms with Crippen molar-refractivity contribution in [2.75, 3.05) is 0 Å². The Hall–Kier alpha value is -9.26. The van der Waals surface area contributed by atoms with E-state index < -0.39 is 16.1 Å². The molecule has 454 valence electrons. The maximum atomic E-state index is 2.74. The van der Waals surface area contributed by atoms with Gasteiger partial charge in [0.05, 0.1) is 11.0 Å². The quantitative estimate of drug-likeness (QED) is 0.101. The van der Waals surface area contributed by atoms with Crippen LogP contribution in [0, 0.1) is 0 Å². The molecule has 0 atom stereocenters. The molecular formula is C88H81BN2Si2. The molecule has 0 amide bonds. The van der Waals surface area contributed by atoms with Gasteiger partial charge in [0.15, 0.2) is 16.1 Å². The van der Waals surface area contributed by atoms with E-state index >= 15 is 0 Å². The Labute approximate surface area is 552 Å². The highest BCUT2D eigenvalue weighted by Crippen LogP contribution is 2.45. The van der Waals surface area contributed by atoms with Crippen LogP contribution in [-0.4, -0.2) is 32.0 Å². The molecule has 0 saturated heterocycles. The van der Waals surface area contributed by atoms with Gasteiger partial charge in [-0.15, -0.1) is 0 Å². The molecule has 93 heavy (non-hydrogen) atoms. The van der Waals surface area contributed by atoms with Crippen LogP contribution in [0.3, 0.4) is 0 Å². The number of nitrogens with zero attached hydrogens (tertiary/aromatic N) is 2. The second-order valence-electron chi connectivity index (χ2n) is 30.8. The first-order chi connectivity index (χ1) is 44.7. The van der Waals surface area contributed by atoms with Crippen LogP contribution in [0.15, 0.2) is 273 Å². The Kier molecular flexibility index (Phi) is 13.4. The first-order valence-electron chi connectivity index (χ1n) is 33.6. The SMILES string of the molecule is CC(C)(C)c1ccc2c(c1)c1cc(C(C)(C)C)cc3c1n2-c1cc(-c2c([Si](c4ccccc4)(c4ccccc4)c4ccccc4)cccc2[Si](c2ccccc2)(c2ccccc2)c2ccccc2)cc2c1B3c1cc(C(C)(C)C)cc3c4cc(C(C)(C)C)ccc4n-2c13. The van der Waals surface area contributed by atoms with Crippen LogP contribution < -0.4 is 57.9 Å². The average molecular weight is 1230 g/mol. The summed E-state index contributed by atoms with van der Waals surface area (Å²) >= 11 is 0. The van der Waals surface area contributed by atoms with E-state index in [1.807, 2.05) is 0 Å². The molecule has 0 fully saturated rings. The summed E-state index contributed by atoms with van der Waals surface area (Å²) in [6.45, 7) is 28.5. The molecule has 16 rings (SSSR count). The number of rotatable bonds is 9. The molecule has 0 bridgehead atoms. The van der Waals surface area contributed by atoms with Gasteiger partial charge in [0.1, 0.15) is 0 Å². The molecule has 0 unspecified atom stereocenters. The maximum Gasteiger partial charge on any atom is 0.252 e. The Bertz CT molecular complexity index is 4750. The van der Waals surface area contributed by atoms with Gasteiger partial charge in [-0.05, 0) is 161 Å². The van der Waals surface area contributed by atoms with Crippen LogP contribution in [0.2, 0.25) is 0 Å². The lowest BCUT2D eigenvalue weighted by molar-refractivity contribution is 0.590. The van der Waals surface area contributed by atoms with Crippen molar-refractivity contribution in [1.29, 1.82) is 0 Å². The summed E-state index contributed by atoms with van der Waals surface area (Å²) in [5.74, 6) is 0. The van der Waals surface area contributed by atoms with Crippen LogP contribution in [0.4, 0.5) is 0 Å². The first-order valence-corrected chi connectivity index (χ1v) is 37.6. The van der Waals surface area contributed by atoms with Gasteiger partial charge < -0.3 is 9.13 Å². The lowest BCUT2D eigenvalue weighted by Gasteiger charge is -2.41. The second-order valence-corrected chi connectivity index (χ2v) is 38.4. The average Bonchev–Trinajstić information content (AvgIpc) is 1.52.